The standard InChI is InChI=1S/C30H38O4/c1-5-30(6-2,25-12-11-24(22(3)20-25)15-18-29(33)16-9-17-29)26-13-14-27(23(4)21-26)34-19-8-7-10-28(31)32/h11-14,20-21,33H,5-10,16-17,19H2,1-4H3,(H,31,32). The van der Waals surface area contributed by atoms with Crippen LogP contribution in [0.15, 0.2) is 36.4 Å². The third-order valence-corrected chi connectivity index (χ3v) is 7.37. The first-order valence-corrected chi connectivity index (χ1v) is 12.6. The molecule has 3 rings (SSSR count). The average Bonchev–Trinajstić information content (AvgIpc) is 2.79. The Morgan fingerprint density at radius 3 is 2.21 bits per heavy atom. The average molecular weight is 463 g/mol. The molecule has 0 amide bonds. The first-order chi connectivity index (χ1) is 16.2. The minimum absolute atomic E-state index is 0.104. The predicted molar refractivity (Wildman–Crippen MR) is 136 cm³/mol. The van der Waals surface area contributed by atoms with Crippen molar-refractivity contribution >= 4 is 5.97 Å². The van der Waals surface area contributed by atoms with E-state index >= 15 is 0 Å². The van der Waals surface area contributed by atoms with Gasteiger partial charge in [0.1, 0.15) is 11.4 Å². The first-order valence-electron chi connectivity index (χ1n) is 12.6. The van der Waals surface area contributed by atoms with Gasteiger partial charge in [-0.2, -0.15) is 0 Å². The number of carboxylic acids is 1. The van der Waals surface area contributed by atoms with Crippen LogP contribution in [0.1, 0.15) is 93.0 Å². The van der Waals surface area contributed by atoms with Gasteiger partial charge in [-0.15, -0.1) is 0 Å². The Morgan fingerprint density at radius 2 is 1.68 bits per heavy atom. The van der Waals surface area contributed by atoms with Crippen molar-refractivity contribution in [3.63, 3.8) is 0 Å². The molecule has 1 fully saturated rings. The van der Waals surface area contributed by atoms with E-state index in [0.717, 1.165) is 61.0 Å². The van der Waals surface area contributed by atoms with Crippen LogP contribution < -0.4 is 4.74 Å². The van der Waals surface area contributed by atoms with E-state index in [2.05, 4.69) is 69.9 Å². The Balaban J connectivity index is 1.80. The molecule has 0 aromatic heterocycles. The van der Waals surface area contributed by atoms with Gasteiger partial charge in [0.2, 0.25) is 0 Å². The maximum atomic E-state index is 10.7. The van der Waals surface area contributed by atoms with E-state index < -0.39 is 11.6 Å². The van der Waals surface area contributed by atoms with Gasteiger partial charge in [-0.25, -0.2) is 0 Å². The Hall–Kier alpha value is -2.77. The Bertz CT molecular complexity index is 1060. The van der Waals surface area contributed by atoms with Crippen molar-refractivity contribution < 1.29 is 19.7 Å². The molecule has 0 atom stereocenters. The summed E-state index contributed by atoms with van der Waals surface area (Å²) in [7, 11) is 0. The van der Waals surface area contributed by atoms with Crippen LogP contribution in [0, 0.1) is 25.7 Å². The fourth-order valence-corrected chi connectivity index (χ4v) is 4.82. The van der Waals surface area contributed by atoms with Crippen LogP contribution in [0.4, 0.5) is 0 Å². The van der Waals surface area contributed by atoms with Crippen LogP contribution in [0.5, 0.6) is 5.75 Å². The molecule has 182 valence electrons. The van der Waals surface area contributed by atoms with Crippen molar-refractivity contribution in [2.75, 3.05) is 6.61 Å². The van der Waals surface area contributed by atoms with Crippen molar-refractivity contribution in [3.8, 4) is 17.6 Å². The van der Waals surface area contributed by atoms with Crippen LogP contribution in [-0.2, 0) is 10.2 Å². The van der Waals surface area contributed by atoms with Gasteiger partial charge in [0.05, 0.1) is 6.61 Å². The molecule has 0 aliphatic heterocycles. The molecule has 0 spiro atoms. The lowest BCUT2D eigenvalue weighted by molar-refractivity contribution is -0.137. The van der Waals surface area contributed by atoms with Crippen molar-refractivity contribution in [2.45, 2.75) is 90.1 Å². The summed E-state index contributed by atoms with van der Waals surface area (Å²) in [5.74, 6) is 6.38. The summed E-state index contributed by atoms with van der Waals surface area (Å²) < 4.78 is 5.93. The van der Waals surface area contributed by atoms with Gasteiger partial charge < -0.3 is 14.9 Å². The van der Waals surface area contributed by atoms with E-state index in [4.69, 9.17) is 9.84 Å². The third-order valence-electron chi connectivity index (χ3n) is 7.37. The Kier molecular flexibility index (Phi) is 8.44. The highest BCUT2D eigenvalue weighted by Gasteiger charge is 2.33. The van der Waals surface area contributed by atoms with E-state index in [0.29, 0.717) is 13.0 Å². The van der Waals surface area contributed by atoms with E-state index in [1.165, 1.54) is 11.1 Å². The number of hydrogen-bond acceptors (Lipinski definition) is 3. The smallest absolute Gasteiger partial charge is 0.303 e. The van der Waals surface area contributed by atoms with Crippen LogP contribution >= 0.6 is 0 Å². The highest BCUT2D eigenvalue weighted by molar-refractivity contribution is 5.66. The van der Waals surface area contributed by atoms with E-state index in [1.54, 1.807) is 0 Å². The third kappa shape index (κ3) is 5.83. The molecule has 2 aromatic carbocycles. The molecular weight excluding hydrogens is 424 g/mol. The normalized spacial score (nSPS) is 14.6. The largest absolute Gasteiger partial charge is 0.493 e. The van der Waals surface area contributed by atoms with E-state index in [1.807, 2.05) is 6.07 Å². The molecule has 0 bridgehead atoms. The molecule has 0 heterocycles. The molecular formula is C30H38O4. The number of carbonyl (C=O) groups is 1. The zero-order valence-electron chi connectivity index (χ0n) is 21.0. The highest BCUT2D eigenvalue weighted by Crippen LogP contribution is 2.41. The number of hydrogen-bond donors (Lipinski definition) is 2. The number of carboxylic acid groups (broad SMARTS) is 1. The number of unbranched alkanes of at least 4 members (excludes halogenated alkanes) is 1. The maximum Gasteiger partial charge on any atom is 0.303 e. The van der Waals surface area contributed by atoms with Crippen LogP contribution in [0.3, 0.4) is 0 Å². The number of benzene rings is 2. The Labute approximate surface area is 204 Å². The molecule has 1 aliphatic carbocycles. The molecule has 4 heteroatoms. The van der Waals surface area contributed by atoms with Gasteiger partial charge in [-0.05, 0) is 93.2 Å². The number of aryl methyl sites for hydroxylation is 2. The monoisotopic (exact) mass is 462 g/mol. The number of ether oxygens (including phenoxy) is 1. The molecule has 1 aliphatic rings. The highest BCUT2D eigenvalue weighted by atomic mass is 16.5. The molecule has 0 saturated heterocycles. The zero-order valence-corrected chi connectivity index (χ0v) is 21.0. The van der Waals surface area contributed by atoms with Crippen LogP contribution in [0.25, 0.3) is 0 Å². The van der Waals surface area contributed by atoms with Crippen molar-refractivity contribution in [2.24, 2.45) is 0 Å². The van der Waals surface area contributed by atoms with Gasteiger partial charge in [-0.3, -0.25) is 4.79 Å². The van der Waals surface area contributed by atoms with Gasteiger partial charge in [0, 0.05) is 17.4 Å². The summed E-state index contributed by atoms with van der Waals surface area (Å²) in [6, 6.07) is 13.0. The van der Waals surface area contributed by atoms with Gasteiger partial charge in [0.25, 0.3) is 0 Å². The lowest BCUT2D eigenvalue weighted by atomic mass is 9.70. The van der Waals surface area contributed by atoms with E-state index in [9.17, 15) is 9.90 Å². The maximum absolute atomic E-state index is 10.7. The quantitative estimate of drug-likeness (QED) is 0.321. The molecule has 1 saturated carbocycles. The minimum Gasteiger partial charge on any atom is -0.493 e. The van der Waals surface area contributed by atoms with Gasteiger partial charge in [0.15, 0.2) is 0 Å². The summed E-state index contributed by atoms with van der Waals surface area (Å²) in [6.45, 7) is 9.17. The van der Waals surface area contributed by atoms with E-state index in [-0.39, 0.29) is 11.8 Å². The summed E-state index contributed by atoms with van der Waals surface area (Å²) in [5.41, 5.74) is 4.87. The van der Waals surface area contributed by atoms with Gasteiger partial charge >= 0.3 is 5.97 Å². The van der Waals surface area contributed by atoms with Crippen molar-refractivity contribution in [3.05, 3.63) is 64.2 Å². The fraction of sp³-hybridized carbons (Fsp3) is 0.500. The lowest BCUT2D eigenvalue weighted by Gasteiger charge is -2.34. The summed E-state index contributed by atoms with van der Waals surface area (Å²) in [4.78, 5) is 10.7. The second-order valence-electron chi connectivity index (χ2n) is 9.63. The molecule has 34 heavy (non-hydrogen) atoms. The minimum atomic E-state index is -0.792. The Morgan fingerprint density at radius 1 is 1.03 bits per heavy atom. The fourth-order valence-electron chi connectivity index (χ4n) is 4.82. The molecule has 2 N–H and O–H groups in total. The SMILES string of the molecule is CCC(CC)(c1ccc(C#CC2(O)CCC2)c(C)c1)c1ccc(OCCCCC(=O)O)c(C)c1. The van der Waals surface area contributed by atoms with Crippen LogP contribution in [-0.4, -0.2) is 28.4 Å². The van der Waals surface area contributed by atoms with Crippen LogP contribution in [0.2, 0.25) is 0 Å². The zero-order chi connectivity index (χ0) is 24.8. The molecule has 0 unspecified atom stereocenters. The summed E-state index contributed by atoms with van der Waals surface area (Å²) in [6.07, 6.45) is 6.08. The number of aliphatic hydroxyl groups is 1. The molecule has 0 radical (unpaired) electrons. The topological polar surface area (TPSA) is 66.8 Å². The lowest BCUT2D eigenvalue weighted by Crippen LogP contribution is -2.34. The first kappa shape index (κ1) is 25.8. The molecule has 4 nitrogen and oxygen atoms in total. The van der Waals surface area contributed by atoms with Crippen molar-refractivity contribution in [1.29, 1.82) is 0 Å². The summed E-state index contributed by atoms with van der Waals surface area (Å²) >= 11 is 0. The number of aliphatic carboxylic acids is 1. The predicted octanol–water partition coefficient (Wildman–Crippen LogP) is 6.31. The second kappa shape index (κ2) is 11.1. The number of rotatable bonds is 10. The second-order valence-corrected chi connectivity index (χ2v) is 9.63. The molecule has 2 aromatic rings. The van der Waals surface area contributed by atoms with Gasteiger partial charge in [-0.1, -0.05) is 50.0 Å². The van der Waals surface area contributed by atoms with Crippen molar-refractivity contribution in [1.82, 2.24) is 0 Å². The summed E-state index contributed by atoms with van der Waals surface area (Å²) in [5, 5.41) is 19.1.